The highest BCUT2D eigenvalue weighted by Crippen LogP contribution is 2.21. The SMILES string of the molecule is COC(=O)N(CC(=O)OCc1ccccc1)[C@@H]1COC[C@@H]1C(=O)O. The predicted molar refractivity (Wildman–Crippen MR) is 81.1 cm³/mol. The number of hydrogen-bond donors (Lipinski definition) is 1. The highest BCUT2D eigenvalue weighted by molar-refractivity contribution is 5.79. The smallest absolute Gasteiger partial charge is 0.410 e. The summed E-state index contributed by atoms with van der Waals surface area (Å²) in [7, 11) is 1.16. The van der Waals surface area contributed by atoms with Crippen molar-refractivity contribution in [1.29, 1.82) is 0 Å². The number of amides is 1. The third-order valence-corrected chi connectivity index (χ3v) is 3.72. The number of esters is 1. The molecule has 0 saturated carbocycles. The van der Waals surface area contributed by atoms with Crippen molar-refractivity contribution in [2.75, 3.05) is 26.9 Å². The second-order valence-corrected chi connectivity index (χ2v) is 5.29. The average Bonchev–Trinajstić information content (AvgIpc) is 3.07. The van der Waals surface area contributed by atoms with Gasteiger partial charge >= 0.3 is 18.0 Å². The summed E-state index contributed by atoms with van der Waals surface area (Å²) in [5.74, 6) is -2.66. The van der Waals surface area contributed by atoms with Gasteiger partial charge in [0.25, 0.3) is 0 Å². The van der Waals surface area contributed by atoms with E-state index in [0.717, 1.165) is 17.6 Å². The number of ether oxygens (including phenoxy) is 3. The van der Waals surface area contributed by atoms with Crippen molar-refractivity contribution in [3.05, 3.63) is 35.9 Å². The number of methoxy groups -OCH3 is 1. The van der Waals surface area contributed by atoms with E-state index < -0.39 is 36.5 Å². The Morgan fingerprint density at radius 1 is 1.25 bits per heavy atom. The van der Waals surface area contributed by atoms with E-state index in [4.69, 9.17) is 9.47 Å². The minimum Gasteiger partial charge on any atom is -0.481 e. The molecule has 130 valence electrons. The van der Waals surface area contributed by atoms with Gasteiger partial charge in [-0.3, -0.25) is 14.5 Å². The van der Waals surface area contributed by atoms with Gasteiger partial charge in [-0.25, -0.2) is 4.79 Å². The van der Waals surface area contributed by atoms with Gasteiger partial charge in [0.2, 0.25) is 0 Å². The van der Waals surface area contributed by atoms with Gasteiger partial charge in [0.1, 0.15) is 19.1 Å². The van der Waals surface area contributed by atoms with Crippen LogP contribution < -0.4 is 0 Å². The second kappa shape index (κ2) is 8.30. The maximum atomic E-state index is 12.0. The molecule has 1 heterocycles. The quantitative estimate of drug-likeness (QED) is 0.769. The Morgan fingerprint density at radius 2 is 1.96 bits per heavy atom. The molecule has 1 aromatic rings. The van der Waals surface area contributed by atoms with Crippen LogP contribution in [0.15, 0.2) is 30.3 Å². The summed E-state index contributed by atoms with van der Waals surface area (Å²) in [5, 5.41) is 9.20. The van der Waals surface area contributed by atoms with Crippen LogP contribution in [0.25, 0.3) is 0 Å². The molecule has 0 bridgehead atoms. The molecule has 0 aromatic heterocycles. The zero-order valence-electron chi connectivity index (χ0n) is 13.2. The lowest BCUT2D eigenvalue weighted by molar-refractivity contribution is -0.149. The molecular weight excluding hydrogens is 318 g/mol. The number of carboxylic acid groups (broad SMARTS) is 1. The fourth-order valence-electron chi connectivity index (χ4n) is 2.44. The first-order valence-corrected chi connectivity index (χ1v) is 7.37. The normalized spacial score (nSPS) is 19.5. The molecule has 24 heavy (non-hydrogen) atoms. The van der Waals surface area contributed by atoms with E-state index >= 15 is 0 Å². The topological polar surface area (TPSA) is 102 Å². The van der Waals surface area contributed by atoms with Crippen LogP contribution in [0.4, 0.5) is 4.79 Å². The molecule has 1 aliphatic rings. The summed E-state index contributed by atoms with van der Waals surface area (Å²) in [5.41, 5.74) is 0.808. The van der Waals surface area contributed by atoms with Crippen LogP contribution in [0.5, 0.6) is 0 Å². The fourth-order valence-corrected chi connectivity index (χ4v) is 2.44. The number of carbonyl (C=O) groups is 3. The maximum absolute atomic E-state index is 12.0. The lowest BCUT2D eigenvalue weighted by atomic mass is 10.0. The Morgan fingerprint density at radius 3 is 2.58 bits per heavy atom. The molecule has 1 saturated heterocycles. The van der Waals surface area contributed by atoms with E-state index in [9.17, 15) is 19.5 Å². The van der Waals surface area contributed by atoms with Gasteiger partial charge in [-0.1, -0.05) is 30.3 Å². The molecule has 1 fully saturated rings. The molecule has 0 unspecified atom stereocenters. The van der Waals surface area contributed by atoms with Gasteiger partial charge in [0.05, 0.1) is 26.4 Å². The van der Waals surface area contributed by atoms with Crippen molar-refractivity contribution in [2.45, 2.75) is 12.6 Å². The molecule has 2 rings (SSSR count). The number of carboxylic acids is 1. The van der Waals surface area contributed by atoms with Crippen molar-refractivity contribution in [2.24, 2.45) is 5.92 Å². The second-order valence-electron chi connectivity index (χ2n) is 5.29. The third kappa shape index (κ3) is 4.45. The van der Waals surface area contributed by atoms with Gasteiger partial charge in [-0.2, -0.15) is 0 Å². The van der Waals surface area contributed by atoms with Crippen molar-refractivity contribution in [3.63, 3.8) is 0 Å². The van der Waals surface area contributed by atoms with Gasteiger partial charge in [-0.05, 0) is 5.56 Å². The number of benzene rings is 1. The van der Waals surface area contributed by atoms with Crippen LogP contribution in [-0.4, -0.2) is 60.9 Å². The standard InChI is InChI=1S/C16H19NO7/c1-22-16(21)17(13-10-23-9-12(13)15(19)20)7-14(18)24-8-11-5-3-2-4-6-11/h2-6,12-13H,7-10H2,1H3,(H,19,20)/t12-,13+/m0/s1. The Hall–Kier alpha value is -2.61. The lowest BCUT2D eigenvalue weighted by Crippen LogP contribution is -2.49. The number of hydrogen-bond acceptors (Lipinski definition) is 6. The van der Waals surface area contributed by atoms with Crippen LogP contribution >= 0.6 is 0 Å². The Balaban J connectivity index is 1.99. The molecule has 1 N–H and O–H groups in total. The average molecular weight is 337 g/mol. The minimum atomic E-state index is -1.09. The summed E-state index contributed by atoms with van der Waals surface area (Å²) in [6.45, 7) is -0.333. The van der Waals surface area contributed by atoms with E-state index in [1.54, 1.807) is 12.1 Å². The first-order valence-electron chi connectivity index (χ1n) is 7.37. The van der Waals surface area contributed by atoms with Crippen LogP contribution in [0.1, 0.15) is 5.56 Å². The summed E-state index contributed by atoms with van der Waals surface area (Å²) >= 11 is 0. The first kappa shape index (κ1) is 17.7. The zero-order chi connectivity index (χ0) is 17.5. The van der Waals surface area contributed by atoms with Gasteiger partial charge in [0.15, 0.2) is 0 Å². The number of carbonyl (C=O) groups excluding carboxylic acids is 2. The zero-order valence-corrected chi connectivity index (χ0v) is 13.2. The predicted octanol–water partition coefficient (Wildman–Crippen LogP) is 0.898. The van der Waals surface area contributed by atoms with Crippen molar-refractivity contribution in [1.82, 2.24) is 4.90 Å². The summed E-state index contributed by atoms with van der Waals surface area (Å²) < 4.78 is 14.9. The molecule has 0 aliphatic carbocycles. The van der Waals surface area contributed by atoms with Crippen LogP contribution in [0.2, 0.25) is 0 Å². The van der Waals surface area contributed by atoms with Crippen molar-refractivity contribution in [3.8, 4) is 0 Å². The number of aliphatic carboxylic acids is 1. The molecule has 8 heteroatoms. The molecule has 1 aliphatic heterocycles. The highest BCUT2D eigenvalue weighted by atomic mass is 16.6. The van der Waals surface area contributed by atoms with Crippen LogP contribution in [-0.2, 0) is 30.4 Å². The Kier molecular flexibility index (Phi) is 6.14. The lowest BCUT2D eigenvalue weighted by Gasteiger charge is -2.28. The van der Waals surface area contributed by atoms with Crippen LogP contribution in [0, 0.1) is 5.92 Å². The van der Waals surface area contributed by atoms with Crippen LogP contribution in [0.3, 0.4) is 0 Å². The highest BCUT2D eigenvalue weighted by Gasteiger charge is 2.41. The maximum Gasteiger partial charge on any atom is 0.410 e. The summed E-state index contributed by atoms with van der Waals surface area (Å²) in [6.07, 6.45) is -0.798. The third-order valence-electron chi connectivity index (χ3n) is 3.72. The largest absolute Gasteiger partial charge is 0.481 e. The first-order chi connectivity index (χ1) is 11.5. The van der Waals surface area contributed by atoms with E-state index in [1.807, 2.05) is 18.2 Å². The van der Waals surface area contributed by atoms with E-state index in [2.05, 4.69) is 4.74 Å². The van der Waals surface area contributed by atoms with Gasteiger partial charge < -0.3 is 19.3 Å². The fraction of sp³-hybridized carbons (Fsp3) is 0.438. The molecule has 1 amide bonds. The van der Waals surface area contributed by atoms with Gasteiger partial charge in [-0.15, -0.1) is 0 Å². The number of nitrogens with zero attached hydrogens (tertiary/aromatic N) is 1. The summed E-state index contributed by atoms with van der Waals surface area (Å²) in [6, 6.07) is 8.30. The molecule has 1 aromatic carbocycles. The molecule has 0 spiro atoms. The van der Waals surface area contributed by atoms with Crippen molar-refractivity contribution < 1.29 is 33.7 Å². The molecular formula is C16H19NO7. The number of rotatable bonds is 6. The monoisotopic (exact) mass is 337 g/mol. The molecule has 8 nitrogen and oxygen atoms in total. The van der Waals surface area contributed by atoms with E-state index in [-0.39, 0.29) is 19.8 Å². The molecule has 0 radical (unpaired) electrons. The van der Waals surface area contributed by atoms with E-state index in [0.29, 0.717) is 0 Å². The van der Waals surface area contributed by atoms with Gasteiger partial charge in [0, 0.05) is 0 Å². The van der Waals surface area contributed by atoms with Crippen molar-refractivity contribution >= 4 is 18.0 Å². The Bertz CT molecular complexity index is 589. The Labute approximate surface area is 138 Å². The van der Waals surface area contributed by atoms with E-state index in [1.165, 1.54) is 0 Å². The minimum absolute atomic E-state index is 0.0213. The molecule has 2 atom stereocenters. The summed E-state index contributed by atoms with van der Waals surface area (Å²) in [4.78, 5) is 36.2.